The summed E-state index contributed by atoms with van der Waals surface area (Å²) in [4.78, 5) is 23.8. The molecule has 2 aromatic carbocycles. The number of carbonyl (C=O) groups is 2. The summed E-state index contributed by atoms with van der Waals surface area (Å²) in [6.45, 7) is -0.241. The number of Topliss-reactive ketones (excluding diaryl/α,β-unsaturated/α-hetero) is 1. The molecular formula is C19H15ClO6. The number of benzene rings is 2. The van der Waals surface area contributed by atoms with Gasteiger partial charge in [0, 0.05) is 11.6 Å². The first-order chi connectivity index (χ1) is 12.6. The van der Waals surface area contributed by atoms with Crippen LogP contribution in [0.25, 0.3) is 6.08 Å². The molecule has 0 radical (unpaired) electrons. The Morgan fingerprint density at radius 2 is 1.96 bits per heavy atom. The summed E-state index contributed by atoms with van der Waals surface area (Å²) in [6.07, 6.45) is 2.74. The van der Waals surface area contributed by atoms with Crippen molar-refractivity contribution in [3.05, 3.63) is 58.6 Å². The molecule has 134 valence electrons. The SMILES string of the molecule is COc1ccc(C(=O)COC(=O)/C=C/c2cc(Cl)c3c(c2)OCO3)cc1. The second kappa shape index (κ2) is 7.93. The summed E-state index contributed by atoms with van der Waals surface area (Å²) < 4.78 is 20.5. The van der Waals surface area contributed by atoms with Crippen LogP contribution < -0.4 is 14.2 Å². The molecular weight excluding hydrogens is 360 g/mol. The molecule has 1 aliphatic heterocycles. The van der Waals surface area contributed by atoms with Crippen LogP contribution in [0.3, 0.4) is 0 Å². The van der Waals surface area contributed by atoms with E-state index in [-0.39, 0.29) is 19.2 Å². The lowest BCUT2D eigenvalue weighted by Crippen LogP contribution is -2.12. The predicted octanol–water partition coefficient (Wildman–Crippen LogP) is 3.52. The monoisotopic (exact) mass is 374 g/mol. The average molecular weight is 375 g/mol. The number of fused-ring (bicyclic) bond motifs is 1. The van der Waals surface area contributed by atoms with Crippen molar-refractivity contribution in [3.63, 3.8) is 0 Å². The van der Waals surface area contributed by atoms with E-state index in [1.807, 2.05) is 0 Å². The van der Waals surface area contributed by atoms with Crippen molar-refractivity contribution < 1.29 is 28.5 Å². The van der Waals surface area contributed by atoms with Crippen molar-refractivity contribution in [1.29, 1.82) is 0 Å². The van der Waals surface area contributed by atoms with E-state index in [0.717, 1.165) is 0 Å². The van der Waals surface area contributed by atoms with Crippen LogP contribution in [-0.2, 0) is 9.53 Å². The highest BCUT2D eigenvalue weighted by Crippen LogP contribution is 2.40. The predicted molar refractivity (Wildman–Crippen MR) is 94.9 cm³/mol. The number of methoxy groups -OCH3 is 1. The number of hydrogen-bond donors (Lipinski definition) is 0. The maximum atomic E-state index is 12.0. The Kier molecular flexibility index (Phi) is 5.43. The van der Waals surface area contributed by atoms with E-state index < -0.39 is 5.97 Å². The minimum atomic E-state index is -0.638. The first-order valence-electron chi connectivity index (χ1n) is 7.68. The molecule has 0 bridgehead atoms. The number of carbonyl (C=O) groups excluding carboxylic acids is 2. The van der Waals surface area contributed by atoms with Gasteiger partial charge in [-0.15, -0.1) is 0 Å². The van der Waals surface area contributed by atoms with Gasteiger partial charge in [-0.3, -0.25) is 4.79 Å². The van der Waals surface area contributed by atoms with Crippen LogP contribution in [0.2, 0.25) is 5.02 Å². The van der Waals surface area contributed by atoms with Crippen LogP contribution in [0.4, 0.5) is 0 Å². The first-order valence-corrected chi connectivity index (χ1v) is 8.06. The van der Waals surface area contributed by atoms with Crippen LogP contribution in [0.5, 0.6) is 17.2 Å². The molecule has 0 amide bonds. The molecule has 26 heavy (non-hydrogen) atoms. The fourth-order valence-electron chi connectivity index (χ4n) is 2.29. The van der Waals surface area contributed by atoms with Crippen LogP contribution in [-0.4, -0.2) is 32.3 Å². The Morgan fingerprint density at radius 1 is 1.19 bits per heavy atom. The maximum absolute atomic E-state index is 12.0. The highest BCUT2D eigenvalue weighted by Gasteiger charge is 2.17. The van der Waals surface area contributed by atoms with E-state index in [4.69, 9.17) is 30.5 Å². The molecule has 0 aromatic heterocycles. The average Bonchev–Trinajstić information content (AvgIpc) is 3.13. The summed E-state index contributed by atoms with van der Waals surface area (Å²) in [5, 5.41) is 0.391. The number of ketones is 1. The molecule has 0 saturated heterocycles. The van der Waals surface area contributed by atoms with Gasteiger partial charge in [-0.25, -0.2) is 4.79 Å². The molecule has 0 unspecified atom stereocenters. The Labute approximate surface area is 154 Å². The summed E-state index contributed by atoms with van der Waals surface area (Å²) >= 11 is 6.07. The van der Waals surface area contributed by atoms with Gasteiger partial charge in [0.15, 0.2) is 23.9 Å². The standard InChI is InChI=1S/C19H15ClO6/c1-23-14-5-3-13(4-6-14)16(21)10-24-18(22)7-2-12-8-15(20)19-17(9-12)25-11-26-19/h2-9H,10-11H2,1H3/b7-2+. The van der Waals surface area contributed by atoms with Gasteiger partial charge in [-0.05, 0) is 48.0 Å². The van der Waals surface area contributed by atoms with Crippen molar-refractivity contribution in [2.24, 2.45) is 0 Å². The first kappa shape index (κ1) is 17.8. The largest absolute Gasteiger partial charge is 0.497 e. The second-order valence-corrected chi connectivity index (χ2v) is 5.74. The molecule has 6 nitrogen and oxygen atoms in total. The zero-order valence-corrected chi connectivity index (χ0v) is 14.6. The lowest BCUT2D eigenvalue weighted by Gasteiger charge is -2.04. The zero-order valence-electron chi connectivity index (χ0n) is 13.9. The van der Waals surface area contributed by atoms with Crippen molar-refractivity contribution in [3.8, 4) is 17.2 Å². The third-order valence-electron chi connectivity index (χ3n) is 3.62. The topological polar surface area (TPSA) is 71.1 Å². The summed E-state index contributed by atoms with van der Waals surface area (Å²) in [6, 6.07) is 9.89. The number of ether oxygens (including phenoxy) is 4. The van der Waals surface area contributed by atoms with Crippen molar-refractivity contribution in [2.45, 2.75) is 0 Å². The fraction of sp³-hybridized carbons (Fsp3) is 0.158. The van der Waals surface area contributed by atoms with Crippen LogP contribution in [0, 0.1) is 0 Å². The van der Waals surface area contributed by atoms with E-state index in [2.05, 4.69) is 0 Å². The summed E-state index contributed by atoms with van der Waals surface area (Å²) in [5.41, 5.74) is 1.09. The number of hydrogen-bond acceptors (Lipinski definition) is 6. The van der Waals surface area contributed by atoms with E-state index in [1.165, 1.54) is 19.3 Å². The molecule has 0 saturated carbocycles. The Hall–Kier alpha value is -2.99. The van der Waals surface area contributed by atoms with Gasteiger partial charge >= 0.3 is 5.97 Å². The van der Waals surface area contributed by atoms with Crippen molar-refractivity contribution in [1.82, 2.24) is 0 Å². The van der Waals surface area contributed by atoms with Gasteiger partial charge in [0.2, 0.25) is 6.79 Å². The lowest BCUT2D eigenvalue weighted by molar-refractivity contribution is -0.136. The van der Waals surface area contributed by atoms with Crippen LogP contribution in [0.1, 0.15) is 15.9 Å². The molecule has 7 heteroatoms. The van der Waals surface area contributed by atoms with Gasteiger partial charge in [-0.2, -0.15) is 0 Å². The van der Waals surface area contributed by atoms with Crippen LogP contribution in [0.15, 0.2) is 42.5 Å². The summed E-state index contributed by atoms with van der Waals surface area (Å²) in [7, 11) is 1.54. The lowest BCUT2D eigenvalue weighted by atomic mass is 10.1. The van der Waals surface area contributed by atoms with Crippen molar-refractivity contribution >= 4 is 29.4 Å². The van der Waals surface area contributed by atoms with Gasteiger partial charge in [0.05, 0.1) is 12.1 Å². The highest BCUT2D eigenvalue weighted by molar-refractivity contribution is 6.32. The van der Waals surface area contributed by atoms with E-state index in [0.29, 0.717) is 33.4 Å². The maximum Gasteiger partial charge on any atom is 0.331 e. The van der Waals surface area contributed by atoms with E-state index in [1.54, 1.807) is 36.4 Å². The number of esters is 1. The Balaban J connectivity index is 1.56. The summed E-state index contributed by atoms with van der Waals surface area (Å²) in [5.74, 6) is 0.696. The fourth-order valence-corrected chi connectivity index (χ4v) is 2.57. The molecule has 2 aromatic rings. The third-order valence-corrected chi connectivity index (χ3v) is 3.90. The van der Waals surface area contributed by atoms with Crippen molar-refractivity contribution in [2.75, 3.05) is 20.5 Å². The van der Waals surface area contributed by atoms with Gasteiger partial charge in [0.1, 0.15) is 5.75 Å². The van der Waals surface area contributed by atoms with E-state index >= 15 is 0 Å². The molecule has 0 spiro atoms. The molecule has 0 N–H and O–H groups in total. The minimum Gasteiger partial charge on any atom is -0.497 e. The minimum absolute atomic E-state index is 0.109. The number of halogens is 1. The quantitative estimate of drug-likeness (QED) is 0.437. The van der Waals surface area contributed by atoms with Gasteiger partial charge < -0.3 is 18.9 Å². The van der Waals surface area contributed by atoms with Gasteiger partial charge in [0.25, 0.3) is 0 Å². The Morgan fingerprint density at radius 3 is 2.69 bits per heavy atom. The molecule has 0 atom stereocenters. The Bertz CT molecular complexity index is 857. The van der Waals surface area contributed by atoms with Crippen LogP contribution >= 0.6 is 11.6 Å². The highest BCUT2D eigenvalue weighted by atomic mass is 35.5. The second-order valence-electron chi connectivity index (χ2n) is 5.33. The third kappa shape index (κ3) is 4.15. The normalized spacial score (nSPS) is 12.2. The smallest absolute Gasteiger partial charge is 0.331 e. The zero-order chi connectivity index (χ0) is 18.5. The molecule has 0 aliphatic carbocycles. The number of rotatable bonds is 6. The molecule has 3 rings (SSSR count). The molecule has 1 aliphatic rings. The van der Waals surface area contributed by atoms with Gasteiger partial charge in [-0.1, -0.05) is 11.6 Å². The molecule has 1 heterocycles. The molecule has 0 fully saturated rings. The van der Waals surface area contributed by atoms with E-state index in [9.17, 15) is 9.59 Å².